The van der Waals surface area contributed by atoms with E-state index >= 15 is 0 Å². The SMILES string of the molecule is CNCCc1cn([C@@H]2O[C@H](CO)[C@@H](O)[C@H]2O)c(=S)[nH]c1=O. The maximum absolute atomic E-state index is 11.8. The Hall–Kier alpha value is -1.10. The standard InChI is InChI=1S/C12H19N3O5S/c1-13-3-2-6-4-15(12(21)14-10(6)19)11-9(18)8(17)7(5-16)20-11/h4,7-9,11,13,16-18H,2-3,5H2,1H3,(H,14,19,21)/t7-,8-,9-,11-/m1/s1. The summed E-state index contributed by atoms with van der Waals surface area (Å²) >= 11 is 5.07. The lowest BCUT2D eigenvalue weighted by molar-refractivity contribution is -0.0542. The van der Waals surface area contributed by atoms with Gasteiger partial charge >= 0.3 is 0 Å². The number of aromatic amines is 1. The minimum absolute atomic E-state index is 0.0862. The van der Waals surface area contributed by atoms with Crippen molar-refractivity contribution in [3.8, 4) is 0 Å². The number of aliphatic hydroxyl groups excluding tert-OH is 3. The van der Waals surface area contributed by atoms with Crippen molar-refractivity contribution in [2.45, 2.75) is 31.0 Å². The second-order valence-electron chi connectivity index (χ2n) is 4.90. The fourth-order valence-electron chi connectivity index (χ4n) is 2.26. The van der Waals surface area contributed by atoms with Crippen LogP contribution in [0.2, 0.25) is 0 Å². The molecule has 1 aliphatic heterocycles. The fraction of sp³-hybridized carbons (Fsp3) is 0.667. The van der Waals surface area contributed by atoms with E-state index in [1.165, 1.54) is 10.8 Å². The quantitative estimate of drug-likeness (QED) is 0.410. The van der Waals surface area contributed by atoms with Crippen LogP contribution in [0.5, 0.6) is 0 Å². The normalized spacial score (nSPS) is 29.0. The molecular formula is C12H19N3O5S. The third kappa shape index (κ3) is 3.23. The first-order valence-corrected chi connectivity index (χ1v) is 7.01. The van der Waals surface area contributed by atoms with Crippen LogP contribution in [0, 0.1) is 4.77 Å². The molecule has 1 aromatic rings. The van der Waals surface area contributed by atoms with Crippen LogP contribution in [-0.4, -0.2) is 63.4 Å². The molecule has 1 saturated heterocycles. The summed E-state index contributed by atoms with van der Waals surface area (Å²) in [6, 6.07) is 0. The van der Waals surface area contributed by atoms with Crippen molar-refractivity contribution in [3.63, 3.8) is 0 Å². The van der Waals surface area contributed by atoms with E-state index in [9.17, 15) is 15.0 Å². The largest absolute Gasteiger partial charge is 0.394 e. The van der Waals surface area contributed by atoms with Crippen molar-refractivity contribution in [1.29, 1.82) is 0 Å². The number of H-pyrrole nitrogens is 1. The number of nitrogens with zero attached hydrogens (tertiary/aromatic N) is 1. The molecule has 0 amide bonds. The second-order valence-corrected chi connectivity index (χ2v) is 5.29. The molecule has 5 N–H and O–H groups in total. The highest BCUT2D eigenvalue weighted by Gasteiger charge is 2.43. The summed E-state index contributed by atoms with van der Waals surface area (Å²) in [6.45, 7) is 0.188. The molecule has 4 atom stereocenters. The topological polar surface area (TPSA) is 120 Å². The number of ether oxygens (including phenoxy) is 1. The average Bonchev–Trinajstić information content (AvgIpc) is 2.74. The molecule has 0 bridgehead atoms. The van der Waals surface area contributed by atoms with Crippen molar-refractivity contribution in [2.24, 2.45) is 0 Å². The Balaban J connectivity index is 2.35. The Morgan fingerprint density at radius 3 is 2.76 bits per heavy atom. The number of aliphatic hydroxyl groups is 3. The van der Waals surface area contributed by atoms with Crippen LogP contribution in [0.3, 0.4) is 0 Å². The molecule has 0 radical (unpaired) electrons. The highest BCUT2D eigenvalue weighted by atomic mass is 32.1. The van der Waals surface area contributed by atoms with Crippen LogP contribution in [0.15, 0.2) is 11.0 Å². The van der Waals surface area contributed by atoms with Gasteiger partial charge in [-0.05, 0) is 32.2 Å². The Morgan fingerprint density at radius 1 is 1.48 bits per heavy atom. The summed E-state index contributed by atoms with van der Waals surface area (Å²) in [5.74, 6) is 0. The molecule has 0 aromatic carbocycles. The number of nitrogens with one attached hydrogen (secondary N) is 2. The van der Waals surface area contributed by atoms with Crippen LogP contribution in [0.1, 0.15) is 11.8 Å². The highest BCUT2D eigenvalue weighted by Crippen LogP contribution is 2.29. The number of hydrogen-bond acceptors (Lipinski definition) is 7. The predicted octanol–water partition coefficient (Wildman–Crippen LogP) is -1.72. The maximum Gasteiger partial charge on any atom is 0.254 e. The fourth-order valence-corrected chi connectivity index (χ4v) is 2.51. The summed E-state index contributed by atoms with van der Waals surface area (Å²) < 4.78 is 6.89. The Labute approximate surface area is 126 Å². The van der Waals surface area contributed by atoms with Gasteiger partial charge in [-0.3, -0.25) is 14.3 Å². The molecular weight excluding hydrogens is 298 g/mol. The van der Waals surface area contributed by atoms with Gasteiger partial charge in [0.1, 0.15) is 18.3 Å². The molecule has 1 aliphatic rings. The molecule has 118 valence electrons. The van der Waals surface area contributed by atoms with Crippen molar-refractivity contribution in [1.82, 2.24) is 14.9 Å². The average molecular weight is 317 g/mol. The first-order valence-electron chi connectivity index (χ1n) is 6.61. The molecule has 9 heteroatoms. The zero-order chi connectivity index (χ0) is 15.6. The van der Waals surface area contributed by atoms with Gasteiger partial charge in [-0.15, -0.1) is 0 Å². The minimum Gasteiger partial charge on any atom is -0.394 e. The van der Waals surface area contributed by atoms with Crippen LogP contribution in [0.25, 0.3) is 0 Å². The Morgan fingerprint density at radius 2 is 2.19 bits per heavy atom. The minimum atomic E-state index is -1.24. The molecule has 0 spiro atoms. The zero-order valence-corrected chi connectivity index (χ0v) is 12.3. The number of aromatic nitrogens is 2. The third-order valence-corrected chi connectivity index (χ3v) is 3.79. The van der Waals surface area contributed by atoms with Gasteiger partial charge < -0.3 is 25.4 Å². The van der Waals surface area contributed by atoms with E-state index in [-0.39, 0.29) is 10.3 Å². The molecule has 8 nitrogen and oxygen atoms in total. The van der Waals surface area contributed by atoms with E-state index in [4.69, 9.17) is 22.1 Å². The molecule has 2 heterocycles. The summed E-state index contributed by atoms with van der Waals surface area (Å²) in [4.78, 5) is 14.3. The molecule has 0 aliphatic carbocycles. The highest BCUT2D eigenvalue weighted by molar-refractivity contribution is 7.71. The van der Waals surface area contributed by atoms with Crippen molar-refractivity contribution in [2.75, 3.05) is 20.2 Å². The lowest BCUT2D eigenvalue weighted by atomic mass is 10.1. The number of hydrogen-bond donors (Lipinski definition) is 5. The molecule has 21 heavy (non-hydrogen) atoms. The van der Waals surface area contributed by atoms with Crippen molar-refractivity contribution in [3.05, 3.63) is 26.9 Å². The zero-order valence-electron chi connectivity index (χ0n) is 11.5. The van der Waals surface area contributed by atoms with Gasteiger partial charge in [0.25, 0.3) is 5.56 Å². The Kier molecular flexibility index (Phi) is 5.25. The molecule has 0 unspecified atom stereocenters. The van der Waals surface area contributed by atoms with Gasteiger partial charge in [-0.1, -0.05) is 0 Å². The van der Waals surface area contributed by atoms with Crippen LogP contribution in [0.4, 0.5) is 0 Å². The third-order valence-electron chi connectivity index (χ3n) is 3.48. The molecule has 1 aromatic heterocycles. The summed E-state index contributed by atoms with van der Waals surface area (Å²) in [7, 11) is 1.77. The summed E-state index contributed by atoms with van der Waals surface area (Å²) in [5, 5.41) is 31.8. The molecule has 2 rings (SSSR count). The summed E-state index contributed by atoms with van der Waals surface area (Å²) in [5.41, 5.74) is 0.189. The summed E-state index contributed by atoms with van der Waals surface area (Å²) in [6.07, 6.45) is -2.30. The van der Waals surface area contributed by atoms with E-state index < -0.39 is 31.1 Å². The van der Waals surface area contributed by atoms with E-state index in [0.717, 1.165) is 0 Å². The van der Waals surface area contributed by atoms with Crippen LogP contribution >= 0.6 is 12.2 Å². The van der Waals surface area contributed by atoms with E-state index in [2.05, 4.69) is 10.3 Å². The lowest BCUT2D eigenvalue weighted by Gasteiger charge is -2.19. The van der Waals surface area contributed by atoms with E-state index in [1.54, 1.807) is 7.05 Å². The van der Waals surface area contributed by atoms with Gasteiger partial charge in [0.2, 0.25) is 0 Å². The van der Waals surface area contributed by atoms with Crippen molar-refractivity contribution < 1.29 is 20.1 Å². The second kappa shape index (κ2) is 6.77. The molecule has 1 fully saturated rings. The monoisotopic (exact) mass is 317 g/mol. The van der Waals surface area contributed by atoms with Crippen LogP contribution in [-0.2, 0) is 11.2 Å². The lowest BCUT2D eigenvalue weighted by Crippen LogP contribution is -2.33. The smallest absolute Gasteiger partial charge is 0.254 e. The first kappa shape index (κ1) is 16.3. The van der Waals surface area contributed by atoms with Gasteiger partial charge in [-0.25, -0.2) is 0 Å². The molecule has 0 saturated carbocycles. The number of likely N-dealkylation sites (N-methyl/N-ethyl adjacent to an activating group) is 1. The number of rotatable bonds is 5. The van der Waals surface area contributed by atoms with E-state index in [0.29, 0.717) is 18.5 Å². The van der Waals surface area contributed by atoms with Gasteiger partial charge in [-0.2, -0.15) is 0 Å². The predicted molar refractivity (Wildman–Crippen MR) is 76.5 cm³/mol. The van der Waals surface area contributed by atoms with E-state index in [1.807, 2.05) is 0 Å². The first-order chi connectivity index (χ1) is 9.99. The maximum atomic E-state index is 11.8. The van der Waals surface area contributed by atoms with Gasteiger partial charge in [0, 0.05) is 11.8 Å². The van der Waals surface area contributed by atoms with Gasteiger partial charge in [0.15, 0.2) is 11.0 Å². The Bertz CT molecular complexity index is 601. The van der Waals surface area contributed by atoms with Crippen LogP contribution < -0.4 is 10.9 Å². The van der Waals surface area contributed by atoms with Crippen molar-refractivity contribution >= 4 is 12.2 Å². The van der Waals surface area contributed by atoms with Gasteiger partial charge in [0.05, 0.1) is 6.61 Å².